The molecule has 13 heteroatoms. The molecule has 0 spiro atoms. The van der Waals surface area contributed by atoms with E-state index in [0.717, 1.165) is 16.4 Å². The molecule has 4 aromatic rings. The van der Waals surface area contributed by atoms with Crippen LogP contribution in [0.2, 0.25) is 0 Å². The van der Waals surface area contributed by atoms with Crippen molar-refractivity contribution in [2.24, 2.45) is 7.05 Å². The predicted octanol–water partition coefficient (Wildman–Crippen LogP) is 4.85. The number of benzene rings is 1. The van der Waals surface area contributed by atoms with E-state index in [1.54, 1.807) is 13.8 Å². The molecule has 204 valence electrons. The number of sulfone groups is 1. The van der Waals surface area contributed by atoms with Crippen molar-refractivity contribution in [3.63, 3.8) is 0 Å². The zero-order valence-corrected chi connectivity index (χ0v) is 22.2. The summed E-state index contributed by atoms with van der Waals surface area (Å²) in [6, 6.07) is 10.0. The van der Waals surface area contributed by atoms with Gasteiger partial charge in [-0.2, -0.15) is 18.3 Å². The van der Waals surface area contributed by atoms with Crippen molar-refractivity contribution in [3.8, 4) is 22.9 Å². The van der Waals surface area contributed by atoms with Crippen molar-refractivity contribution < 1.29 is 31.1 Å². The van der Waals surface area contributed by atoms with Crippen LogP contribution in [-0.2, 0) is 23.1 Å². The highest BCUT2D eigenvalue weighted by molar-refractivity contribution is 7.92. The molecule has 0 unspecified atom stereocenters. The fourth-order valence-electron chi connectivity index (χ4n) is 4.12. The lowest BCUT2D eigenvalue weighted by molar-refractivity contribution is -0.141. The molecule has 0 bridgehead atoms. The van der Waals surface area contributed by atoms with E-state index in [2.05, 4.69) is 15.1 Å². The summed E-state index contributed by atoms with van der Waals surface area (Å²) in [7, 11) is -2.88. The molecule has 0 aliphatic carbocycles. The number of nitrogens with two attached hydrogens (primary N) is 1. The van der Waals surface area contributed by atoms with E-state index in [9.17, 15) is 26.4 Å². The minimum absolute atomic E-state index is 0.0409. The number of ketones is 1. The molecule has 0 radical (unpaired) electrons. The van der Waals surface area contributed by atoms with Gasteiger partial charge in [0, 0.05) is 13.2 Å². The number of pyridine rings is 2. The van der Waals surface area contributed by atoms with Gasteiger partial charge in [-0.15, -0.1) is 0 Å². The number of hydrogen-bond donors (Lipinski definition) is 1. The van der Waals surface area contributed by atoms with Gasteiger partial charge in [0.2, 0.25) is 15.7 Å². The van der Waals surface area contributed by atoms with Crippen molar-refractivity contribution >= 4 is 21.4 Å². The minimum atomic E-state index is -4.77. The molecule has 1 aromatic carbocycles. The number of aromatic nitrogens is 4. The summed E-state index contributed by atoms with van der Waals surface area (Å²) >= 11 is 0. The van der Waals surface area contributed by atoms with Gasteiger partial charge in [0.1, 0.15) is 17.3 Å². The van der Waals surface area contributed by atoms with Crippen LogP contribution in [0.15, 0.2) is 53.7 Å². The van der Waals surface area contributed by atoms with Crippen LogP contribution in [0.4, 0.5) is 19.0 Å². The maximum Gasteiger partial charge on any atom is 0.435 e. The monoisotopic (exact) mass is 559 g/mol. The molecule has 9 nitrogen and oxygen atoms in total. The number of aryl methyl sites for hydroxylation is 4. The summed E-state index contributed by atoms with van der Waals surface area (Å²) in [4.78, 5) is 21.3. The zero-order chi connectivity index (χ0) is 28.7. The fraction of sp³-hybridized carbons (Fsp3) is 0.231. The second-order valence-electron chi connectivity index (χ2n) is 9.02. The average Bonchev–Trinajstić information content (AvgIpc) is 3.23. The van der Waals surface area contributed by atoms with Gasteiger partial charge in [0.15, 0.2) is 16.5 Å². The number of ether oxygens (including phenoxy) is 1. The molecule has 0 aliphatic rings. The molecule has 2 N–H and O–H groups in total. The Labute approximate surface area is 222 Å². The van der Waals surface area contributed by atoms with E-state index in [0.29, 0.717) is 16.9 Å². The topological polar surface area (TPSA) is 130 Å². The second kappa shape index (κ2) is 10.1. The summed E-state index contributed by atoms with van der Waals surface area (Å²) in [6.07, 6.45) is -3.62. The number of alkyl halides is 3. The molecular weight excluding hydrogens is 535 g/mol. The SMILES string of the molecule is Cc1cc(C)c(Oc2nc(-c3cn(C)nc3C(F)(F)F)ccc2C(=O)CS(=O)(=O)c2cccc(N)n2)c(C)c1. The highest BCUT2D eigenvalue weighted by Gasteiger charge is 2.38. The Morgan fingerprint density at radius 2 is 1.72 bits per heavy atom. The van der Waals surface area contributed by atoms with E-state index >= 15 is 0 Å². The Morgan fingerprint density at radius 1 is 1.05 bits per heavy atom. The summed E-state index contributed by atoms with van der Waals surface area (Å²) < 4.78 is 73.7. The normalized spacial score (nSPS) is 12.0. The average molecular weight is 560 g/mol. The van der Waals surface area contributed by atoms with Gasteiger partial charge >= 0.3 is 6.18 Å². The Bertz CT molecular complexity index is 1680. The van der Waals surface area contributed by atoms with Crippen molar-refractivity contribution in [3.05, 3.63) is 76.6 Å². The molecule has 3 heterocycles. The van der Waals surface area contributed by atoms with E-state index in [1.165, 1.54) is 37.4 Å². The van der Waals surface area contributed by atoms with Crippen LogP contribution in [0.3, 0.4) is 0 Å². The number of nitrogen functional groups attached to an aromatic ring is 1. The van der Waals surface area contributed by atoms with Gasteiger partial charge < -0.3 is 10.5 Å². The predicted molar refractivity (Wildman–Crippen MR) is 137 cm³/mol. The first kappa shape index (κ1) is 27.8. The Morgan fingerprint density at radius 3 is 2.33 bits per heavy atom. The van der Waals surface area contributed by atoms with Crippen LogP contribution in [0.5, 0.6) is 11.6 Å². The standard InChI is InChI=1S/C26H24F3N5O4S/c1-14-10-15(2)23(16(3)11-14)38-25-17(20(35)13-39(36,37)22-7-5-6-21(30)32-22)8-9-19(31-25)18-12-34(4)33-24(18)26(27,28)29/h5-12H,13H2,1-4H3,(H2,30,32). The van der Waals surface area contributed by atoms with Crippen molar-refractivity contribution in [2.75, 3.05) is 11.5 Å². The Kier molecular flexibility index (Phi) is 7.21. The van der Waals surface area contributed by atoms with E-state index in [1.807, 2.05) is 19.1 Å². The van der Waals surface area contributed by atoms with Crippen LogP contribution in [0, 0.1) is 20.8 Å². The highest BCUT2D eigenvalue weighted by Crippen LogP contribution is 2.38. The maximum atomic E-state index is 13.7. The van der Waals surface area contributed by atoms with E-state index in [-0.39, 0.29) is 28.5 Å². The third-order valence-corrected chi connectivity index (χ3v) is 7.23. The minimum Gasteiger partial charge on any atom is -0.438 e. The number of hydrogen-bond acceptors (Lipinski definition) is 8. The molecule has 0 saturated heterocycles. The third-order valence-electron chi connectivity index (χ3n) is 5.72. The fourth-order valence-corrected chi connectivity index (χ4v) is 5.30. The van der Waals surface area contributed by atoms with E-state index in [4.69, 9.17) is 10.5 Å². The van der Waals surface area contributed by atoms with Crippen LogP contribution < -0.4 is 10.5 Å². The quantitative estimate of drug-likeness (QED) is 0.318. The Balaban J connectivity index is 1.83. The Hall–Kier alpha value is -4.26. The summed E-state index contributed by atoms with van der Waals surface area (Å²) in [5.41, 5.74) is 6.01. The number of halogens is 3. The van der Waals surface area contributed by atoms with Crippen LogP contribution in [0.1, 0.15) is 32.7 Å². The highest BCUT2D eigenvalue weighted by atomic mass is 32.2. The van der Waals surface area contributed by atoms with Gasteiger partial charge in [0.05, 0.1) is 16.8 Å². The maximum absolute atomic E-state index is 13.7. The number of carbonyl (C=O) groups is 1. The molecule has 0 saturated carbocycles. The number of rotatable bonds is 7. The first-order chi connectivity index (χ1) is 18.2. The summed E-state index contributed by atoms with van der Waals surface area (Å²) in [6.45, 7) is 5.41. The molecule has 4 rings (SSSR count). The number of nitrogens with zero attached hydrogens (tertiary/aromatic N) is 4. The number of carbonyl (C=O) groups excluding carboxylic acids is 1. The molecule has 0 amide bonds. The molecule has 0 aliphatic heterocycles. The first-order valence-corrected chi connectivity index (χ1v) is 13.2. The van der Waals surface area contributed by atoms with Crippen LogP contribution in [-0.4, -0.2) is 39.7 Å². The molecule has 0 atom stereocenters. The summed E-state index contributed by atoms with van der Waals surface area (Å²) in [5, 5.41) is 3.11. The number of anilines is 1. The van der Waals surface area contributed by atoms with Gasteiger partial charge in [-0.3, -0.25) is 9.48 Å². The van der Waals surface area contributed by atoms with Crippen LogP contribution in [0.25, 0.3) is 11.3 Å². The van der Waals surface area contributed by atoms with Gasteiger partial charge in [-0.1, -0.05) is 23.8 Å². The van der Waals surface area contributed by atoms with Crippen LogP contribution >= 0.6 is 0 Å². The first-order valence-electron chi connectivity index (χ1n) is 11.5. The molecular formula is C26H24F3N5O4S. The lowest BCUT2D eigenvalue weighted by atomic mass is 10.1. The zero-order valence-electron chi connectivity index (χ0n) is 21.4. The van der Waals surface area contributed by atoms with Crippen molar-refractivity contribution in [1.29, 1.82) is 0 Å². The molecule has 39 heavy (non-hydrogen) atoms. The molecule has 0 fully saturated rings. The lowest BCUT2D eigenvalue weighted by Gasteiger charge is -2.16. The van der Waals surface area contributed by atoms with Crippen molar-refractivity contribution in [2.45, 2.75) is 32.0 Å². The lowest BCUT2D eigenvalue weighted by Crippen LogP contribution is -2.19. The van der Waals surface area contributed by atoms with Gasteiger partial charge in [0.25, 0.3) is 0 Å². The second-order valence-corrected chi connectivity index (χ2v) is 11.0. The van der Waals surface area contributed by atoms with Gasteiger partial charge in [-0.25, -0.2) is 18.4 Å². The van der Waals surface area contributed by atoms with Gasteiger partial charge in [-0.05, 0) is 56.2 Å². The number of Topliss-reactive ketones (excluding diaryl/α,β-unsaturated/α-hetero) is 1. The smallest absolute Gasteiger partial charge is 0.435 e. The largest absolute Gasteiger partial charge is 0.438 e. The van der Waals surface area contributed by atoms with E-state index < -0.39 is 38.3 Å². The summed E-state index contributed by atoms with van der Waals surface area (Å²) in [5.74, 6) is -1.94. The third kappa shape index (κ3) is 5.93. The molecule has 3 aromatic heterocycles. The van der Waals surface area contributed by atoms with Crippen molar-refractivity contribution in [1.82, 2.24) is 19.7 Å².